The van der Waals surface area contributed by atoms with Crippen molar-refractivity contribution in [3.8, 4) is 0 Å². The second-order valence-corrected chi connectivity index (χ2v) is 4.48. The highest BCUT2D eigenvalue weighted by Gasteiger charge is 2.11. The van der Waals surface area contributed by atoms with Gasteiger partial charge in [-0.15, -0.1) is 24.8 Å². The van der Waals surface area contributed by atoms with Crippen LogP contribution in [0.25, 0.3) is 0 Å². The minimum Gasteiger partial charge on any atom is -0.399 e. The number of hydrogen-bond donors (Lipinski definition) is 2. The SMILES string of the molecule is CCN(CC)CC(C)NC(=O)c1ccc(N)cc1.Cl.Cl. The van der Waals surface area contributed by atoms with Gasteiger partial charge in [-0.05, 0) is 44.3 Å². The summed E-state index contributed by atoms with van der Waals surface area (Å²) >= 11 is 0. The quantitative estimate of drug-likeness (QED) is 0.792. The van der Waals surface area contributed by atoms with Gasteiger partial charge in [-0.1, -0.05) is 13.8 Å². The number of nitrogens with zero attached hydrogens (tertiary/aromatic N) is 1. The highest BCUT2D eigenvalue weighted by Crippen LogP contribution is 2.05. The van der Waals surface area contributed by atoms with Crippen LogP contribution in [-0.4, -0.2) is 36.5 Å². The van der Waals surface area contributed by atoms with E-state index in [4.69, 9.17) is 5.73 Å². The zero-order chi connectivity index (χ0) is 13.5. The van der Waals surface area contributed by atoms with Crippen molar-refractivity contribution in [3.63, 3.8) is 0 Å². The van der Waals surface area contributed by atoms with Crippen molar-refractivity contribution in [3.05, 3.63) is 29.8 Å². The van der Waals surface area contributed by atoms with Gasteiger partial charge in [0, 0.05) is 23.8 Å². The lowest BCUT2D eigenvalue weighted by atomic mass is 10.2. The van der Waals surface area contributed by atoms with Crippen molar-refractivity contribution in [1.82, 2.24) is 10.2 Å². The lowest BCUT2D eigenvalue weighted by Gasteiger charge is -2.23. The summed E-state index contributed by atoms with van der Waals surface area (Å²) in [5.74, 6) is -0.0466. The standard InChI is InChI=1S/C14H23N3O.2ClH/c1-4-17(5-2)10-11(3)16-14(18)12-6-8-13(15)9-7-12;;/h6-9,11H,4-5,10,15H2,1-3H3,(H,16,18);2*1H. The first-order valence-electron chi connectivity index (χ1n) is 6.45. The van der Waals surface area contributed by atoms with Gasteiger partial charge in [0.2, 0.25) is 0 Å². The Labute approximate surface area is 133 Å². The number of carbonyl (C=O) groups is 1. The first-order valence-corrected chi connectivity index (χ1v) is 6.45. The van der Waals surface area contributed by atoms with Crippen LogP contribution in [0.2, 0.25) is 0 Å². The number of nitrogen functional groups attached to an aromatic ring is 1. The van der Waals surface area contributed by atoms with Crippen LogP contribution < -0.4 is 11.1 Å². The van der Waals surface area contributed by atoms with Gasteiger partial charge in [-0.2, -0.15) is 0 Å². The Morgan fingerprint density at radius 3 is 2.15 bits per heavy atom. The maximum absolute atomic E-state index is 12.0. The normalized spacial score (nSPS) is 11.2. The Hall–Kier alpha value is -0.970. The molecule has 20 heavy (non-hydrogen) atoms. The van der Waals surface area contributed by atoms with Gasteiger partial charge in [0.15, 0.2) is 0 Å². The Kier molecular flexibility index (Phi) is 11.5. The van der Waals surface area contributed by atoms with E-state index in [1.807, 2.05) is 6.92 Å². The maximum atomic E-state index is 12.0. The van der Waals surface area contributed by atoms with Gasteiger partial charge >= 0.3 is 0 Å². The summed E-state index contributed by atoms with van der Waals surface area (Å²) in [4.78, 5) is 14.2. The highest BCUT2D eigenvalue weighted by atomic mass is 35.5. The number of halogens is 2. The van der Waals surface area contributed by atoms with Crippen molar-refractivity contribution in [2.45, 2.75) is 26.8 Å². The second kappa shape index (κ2) is 10.8. The van der Waals surface area contributed by atoms with E-state index in [0.29, 0.717) is 11.3 Å². The molecule has 1 aromatic rings. The second-order valence-electron chi connectivity index (χ2n) is 4.48. The van der Waals surface area contributed by atoms with Gasteiger partial charge in [-0.25, -0.2) is 0 Å². The molecule has 4 nitrogen and oxygen atoms in total. The molecule has 1 atom stereocenters. The monoisotopic (exact) mass is 321 g/mol. The summed E-state index contributed by atoms with van der Waals surface area (Å²) < 4.78 is 0. The zero-order valence-electron chi connectivity index (χ0n) is 12.3. The van der Waals surface area contributed by atoms with Gasteiger partial charge in [0.1, 0.15) is 0 Å². The van der Waals surface area contributed by atoms with Crippen molar-refractivity contribution in [1.29, 1.82) is 0 Å². The first-order chi connectivity index (χ1) is 8.56. The molecule has 3 N–H and O–H groups in total. The van der Waals surface area contributed by atoms with Gasteiger partial charge < -0.3 is 16.0 Å². The number of hydrogen-bond acceptors (Lipinski definition) is 3. The van der Waals surface area contributed by atoms with E-state index in [1.54, 1.807) is 24.3 Å². The Balaban J connectivity index is 0. The molecule has 0 bridgehead atoms. The smallest absolute Gasteiger partial charge is 0.251 e. The maximum Gasteiger partial charge on any atom is 0.251 e. The molecule has 0 radical (unpaired) electrons. The van der Waals surface area contributed by atoms with E-state index in [9.17, 15) is 4.79 Å². The molecule has 116 valence electrons. The van der Waals surface area contributed by atoms with Crippen molar-refractivity contribution >= 4 is 36.4 Å². The molecule has 0 fully saturated rings. The van der Waals surface area contributed by atoms with Crippen LogP contribution in [0.3, 0.4) is 0 Å². The minimum atomic E-state index is -0.0466. The summed E-state index contributed by atoms with van der Waals surface area (Å²) in [5.41, 5.74) is 6.91. The van der Waals surface area contributed by atoms with Crippen LogP contribution in [0, 0.1) is 0 Å². The molecule has 1 unspecified atom stereocenters. The molecular formula is C14H25Cl2N3O. The lowest BCUT2D eigenvalue weighted by molar-refractivity contribution is 0.0930. The minimum absolute atomic E-state index is 0. The number of benzene rings is 1. The van der Waals surface area contributed by atoms with Crippen LogP contribution >= 0.6 is 24.8 Å². The summed E-state index contributed by atoms with van der Waals surface area (Å²) in [6.45, 7) is 9.13. The van der Waals surface area contributed by atoms with Crippen LogP contribution in [0.1, 0.15) is 31.1 Å². The molecule has 0 spiro atoms. The fourth-order valence-corrected chi connectivity index (χ4v) is 1.86. The number of likely N-dealkylation sites (N-methyl/N-ethyl adjacent to an activating group) is 1. The molecule has 0 saturated heterocycles. The van der Waals surface area contributed by atoms with Crippen molar-refractivity contribution < 1.29 is 4.79 Å². The number of rotatable bonds is 6. The zero-order valence-corrected chi connectivity index (χ0v) is 13.9. The number of nitrogens with one attached hydrogen (secondary N) is 1. The Bertz CT molecular complexity index is 381. The van der Waals surface area contributed by atoms with E-state index in [0.717, 1.165) is 19.6 Å². The topological polar surface area (TPSA) is 58.4 Å². The number of nitrogens with two attached hydrogens (primary N) is 1. The largest absolute Gasteiger partial charge is 0.399 e. The van der Waals surface area contributed by atoms with E-state index >= 15 is 0 Å². The third-order valence-corrected chi connectivity index (χ3v) is 2.98. The summed E-state index contributed by atoms with van der Waals surface area (Å²) in [6, 6.07) is 7.10. The lowest BCUT2D eigenvalue weighted by Crippen LogP contribution is -2.41. The van der Waals surface area contributed by atoms with Crippen LogP contribution in [0.15, 0.2) is 24.3 Å². The average Bonchev–Trinajstić information content (AvgIpc) is 2.36. The third kappa shape index (κ3) is 6.98. The predicted molar refractivity (Wildman–Crippen MR) is 90.1 cm³/mol. The highest BCUT2D eigenvalue weighted by molar-refractivity contribution is 5.94. The number of carbonyl (C=O) groups excluding carboxylic acids is 1. The molecule has 6 heteroatoms. The molecule has 0 saturated carbocycles. The molecule has 1 rings (SSSR count). The van der Waals surface area contributed by atoms with Crippen LogP contribution in [-0.2, 0) is 0 Å². The van der Waals surface area contributed by atoms with Crippen molar-refractivity contribution in [2.75, 3.05) is 25.4 Å². The number of anilines is 1. The van der Waals surface area contributed by atoms with Gasteiger partial charge in [-0.3, -0.25) is 4.79 Å². The molecule has 0 aliphatic heterocycles. The van der Waals surface area contributed by atoms with Gasteiger partial charge in [0.05, 0.1) is 0 Å². The molecule has 0 aromatic heterocycles. The van der Waals surface area contributed by atoms with E-state index in [2.05, 4.69) is 24.1 Å². The van der Waals surface area contributed by atoms with E-state index in [-0.39, 0.29) is 36.8 Å². The van der Waals surface area contributed by atoms with Crippen LogP contribution in [0.4, 0.5) is 5.69 Å². The van der Waals surface area contributed by atoms with Crippen molar-refractivity contribution in [2.24, 2.45) is 0 Å². The fraction of sp³-hybridized carbons (Fsp3) is 0.500. The molecule has 1 aromatic carbocycles. The number of amides is 1. The Morgan fingerprint density at radius 2 is 1.70 bits per heavy atom. The first kappa shape index (κ1) is 21.3. The summed E-state index contributed by atoms with van der Waals surface area (Å²) in [6.07, 6.45) is 0. The van der Waals surface area contributed by atoms with E-state index < -0.39 is 0 Å². The predicted octanol–water partition coefficient (Wildman–Crippen LogP) is 2.57. The summed E-state index contributed by atoms with van der Waals surface area (Å²) in [5, 5.41) is 2.99. The van der Waals surface area contributed by atoms with E-state index in [1.165, 1.54) is 0 Å². The fourth-order valence-electron chi connectivity index (χ4n) is 1.86. The summed E-state index contributed by atoms with van der Waals surface area (Å²) in [7, 11) is 0. The Morgan fingerprint density at radius 1 is 1.20 bits per heavy atom. The third-order valence-electron chi connectivity index (χ3n) is 2.98. The molecule has 1 amide bonds. The van der Waals surface area contributed by atoms with Gasteiger partial charge in [0.25, 0.3) is 5.91 Å². The molecular weight excluding hydrogens is 297 g/mol. The van der Waals surface area contributed by atoms with Crippen LogP contribution in [0.5, 0.6) is 0 Å². The average molecular weight is 322 g/mol. The molecule has 0 heterocycles. The molecule has 0 aliphatic carbocycles. The molecule has 0 aliphatic rings.